The molecule has 1 rings (SSSR count). The van der Waals surface area contributed by atoms with Crippen LogP contribution in [0.25, 0.3) is 0 Å². The molecular formula is C13H23N3O3. The highest BCUT2D eigenvalue weighted by Gasteiger charge is 2.26. The minimum absolute atomic E-state index is 0.175. The van der Waals surface area contributed by atoms with E-state index >= 15 is 0 Å². The van der Waals surface area contributed by atoms with E-state index in [4.69, 9.17) is 5.11 Å². The fourth-order valence-electron chi connectivity index (χ4n) is 2.19. The maximum atomic E-state index is 12.0. The predicted octanol–water partition coefficient (Wildman–Crippen LogP) is 0.751. The van der Waals surface area contributed by atoms with Crippen molar-refractivity contribution in [1.29, 1.82) is 0 Å². The number of likely N-dealkylation sites (tertiary alicyclic amines) is 1. The van der Waals surface area contributed by atoms with Crippen molar-refractivity contribution in [3.8, 4) is 0 Å². The third kappa shape index (κ3) is 4.55. The van der Waals surface area contributed by atoms with E-state index in [9.17, 15) is 9.59 Å². The van der Waals surface area contributed by atoms with Crippen LogP contribution in [0.3, 0.4) is 0 Å². The predicted molar refractivity (Wildman–Crippen MR) is 73.1 cm³/mol. The quantitative estimate of drug-likeness (QED) is 0.722. The van der Waals surface area contributed by atoms with Crippen LogP contribution in [0, 0.1) is 0 Å². The van der Waals surface area contributed by atoms with E-state index in [1.54, 1.807) is 11.9 Å². The lowest BCUT2D eigenvalue weighted by Gasteiger charge is -2.35. The van der Waals surface area contributed by atoms with E-state index in [0.29, 0.717) is 0 Å². The van der Waals surface area contributed by atoms with Crippen LogP contribution in [0.15, 0.2) is 12.7 Å². The minimum Gasteiger partial charge on any atom is -0.480 e. The molecule has 0 aromatic carbocycles. The molecule has 1 heterocycles. The molecular weight excluding hydrogens is 246 g/mol. The summed E-state index contributed by atoms with van der Waals surface area (Å²) in [5, 5.41) is 11.5. The molecule has 2 N–H and O–H groups in total. The van der Waals surface area contributed by atoms with Gasteiger partial charge in [-0.3, -0.25) is 0 Å². The SMILES string of the molecule is C=CCC(NC(=O)N(C)C1CCN(C)CC1)C(=O)O. The average molecular weight is 269 g/mol. The smallest absolute Gasteiger partial charge is 0.326 e. The van der Waals surface area contributed by atoms with Crippen molar-refractivity contribution in [2.45, 2.75) is 31.3 Å². The molecule has 2 amide bonds. The van der Waals surface area contributed by atoms with Crippen molar-refractivity contribution < 1.29 is 14.7 Å². The lowest BCUT2D eigenvalue weighted by Crippen LogP contribution is -2.51. The molecule has 108 valence electrons. The zero-order valence-corrected chi connectivity index (χ0v) is 11.6. The number of hydrogen-bond donors (Lipinski definition) is 2. The summed E-state index contributed by atoms with van der Waals surface area (Å²) in [7, 11) is 3.78. The monoisotopic (exact) mass is 269 g/mol. The molecule has 0 saturated carbocycles. The number of carbonyl (C=O) groups is 2. The number of nitrogens with zero attached hydrogens (tertiary/aromatic N) is 2. The van der Waals surface area contributed by atoms with Gasteiger partial charge in [0, 0.05) is 13.1 Å². The van der Waals surface area contributed by atoms with Gasteiger partial charge < -0.3 is 20.2 Å². The van der Waals surface area contributed by atoms with Gasteiger partial charge in [-0.15, -0.1) is 6.58 Å². The van der Waals surface area contributed by atoms with E-state index in [1.807, 2.05) is 0 Å². The summed E-state index contributed by atoms with van der Waals surface area (Å²) in [5.41, 5.74) is 0. The van der Waals surface area contributed by atoms with Crippen molar-refractivity contribution in [1.82, 2.24) is 15.1 Å². The lowest BCUT2D eigenvalue weighted by molar-refractivity contribution is -0.139. The van der Waals surface area contributed by atoms with Gasteiger partial charge in [0.15, 0.2) is 0 Å². The molecule has 1 atom stereocenters. The van der Waals surface area contributed by atoms with Gasteiger partial charge in [-0.05, 0) is 39.4 Å². The molecule has 0 aromatic heterocycles. The number of aliphatic carboxylic acids is 1. The molecule has 0 radical (unpaired) electrons. The first-order valence-electron chi connectivity index (χ1n) is 6.51. The van der Waals surface area contributed by atoms with Gasteiger partial charge in [0.05, 0.1) is 0 Å². The molecule has 1 saturated heterocycles. The minimum atomic E-state index is -1.04. The van der Waals surface area contributed by atoms with Crippen molar-refractivity contribution in [3.05, 3.63) is 12.7 Å². The zero-order chi connectivity index (χ0) is 14.4. The van der Waals surface area contributed by atoms with Gasteiger partial charge in [-0.1, -0.05) is 6.08 Å². The van der Waals surface area contributed by atoms with Gasteiger partial charge in [0.1, 0.15) is 6.04 Å². The largest absolute Gasteiger partial charge is 0.480 e. The molecule has 0 aromatic rings. The Morgan fingerprint density at radius 3 is 2.58 bits per heavy atom. The second kappa shape index (κ2) is 7.13. The Hall–Kier alpha value is -1.56. The lowest BCUT2D eigenvalue weighted by atomic mass is 10.0. The number of amides is 2. The van der Waals surface area contributed by atoms with Gasteiger partial charge in [0.2, 0.25) is 0 Å². The highest BCUT2D eigenvalue weighted by molar-refractivity contribution is 5.82. The van der Waals surface area contributed by atoms with Gasteiger partial charge in [-0.2, -0.15) is 0 Å². The van der Waals surface area contributed by atoms with Crippen molar-refractivity contribution in [2.75, 3.05) is 27.2 Å². The Kier molecular flexibility index (Phi) is 5.82. The van der Waals surface area contributed by atoms with E-state index in [2.05, 4.69) is 23.8 Å². The Morgan fingerprint density at radius 2 is 2.11 bits per heavy atom. The first-order chi connectivity index (χ1) is 8.95. The third-order valence-corrected chi connectivity index (χ3v) is 3.55. The van der Waals surface area contributed by atoms with Crippen LogP contribution in [0.2, 0.25) is 0 Å². The van der Waals surface area contributed by atoms with E-state index in [0.717, 1.165) is 25.9 Å². The molecule has 1 aliphatic heterocycles. The summed E-state index contributed by atoms with van der Waals surface area (Å²) in [4.78, 5) is 26.8. The molecule has 6 nitrogen and oxygen atoms in total. The second-order valence-electron chi connectivity index (χ2n) is 5.01. The Labute approximate surface area is 114 Å². The van der Waals surface area contributed by atoms with Crippen molar-refractivity contribution in [2.24, 2.45) is 0 Å². The zero-order valence-electron chi connectivity index (χ0n) is 11.6. The van der Waals surface area contributed by atoms with Gasteiger partial charge in [0.25, 0.3) is 0 Å². The number of nitrogens with one attached hydrogen (secondary N) is 1. The van der Waals surface area contributed by atoms with E-state index in [-0.39, 0.29) is 18.5 Å². The summed E-state index contributed by atoms with van der Waals surface area (Å²) in [6.07, 6.45) is 3.55. The van der Waals surface area contributed by atoms with Gasteiger partial charge >= 0.3 is 12.0 Å². The summed E-state index contributed by atoms with van der Waals surface area (Å²) in [6, 6.07) is -1.06. The van der Waals surface area contributed by atoms with Crippen LogP contribution in [0.5, 0.6) is 0 Å². The molecule has 0 spiro atoms. The molecule has 1 fully saturated rings. The molecule has 1 aliphatic rings. The van der Waals surface area contributed by atoms with Crippen LogP contribution >= 0.6 is 0 Å². The fraction of sp³-hybridized carbons (Fsp3) is 0.692. The number of rotatable bonds is 5. The Balaban J connectivity index is 2.51. The van der Waals surface area contributed by atoms with Crippen LogP contribution < -0.4 is 5.32 Å². The molecule has 0 bridgehead atoms. The van der Waals surface area contributed by atoms with Crippen LogP contribution in [-0.4, -0.2) is 66.2 Å². The highest BCUT2D eigenvalue weighted by Crippen LogP contribution is 2.14. The normalized spacial score (nSPS) is 18.6. The van der Waals surface area contributed by atoms with E-state index in [1.165, 1.54) is 6.08 Å². The molecule has 1 unspecified atom stereocenters. The molecule has 19 heavy (non-hydrogen) atoms. The Bertz CT molecular complexity index is 338. The summed E-state index contributed by atoms with van der Waals surface area (Å²) >= 11 is 0. The first-order valence-corrected chi connectivity index (χ1v) is 6.51. The maximum absolute atomic E-state index is 12.0. The number of carboxylic acids is 1. The van der Waals surface area contributed by atoms with Crippen molar-refractivity contribution in [3.63, 3.8) is 0 Å². The summed E-state index contributed by atoms with van der Waals surface area (Å²) in [6.45, 7) is 5.41. The number of hydrogen-bond acceptors (Lipinski definition) is 3. The number of carbonyl (C=O) groups excluding carboxylic acids is 1. The van der Waals surface area contributed by atoms with Crippen LogP contribution in [-0.2, 0) is 4.79 Å². The standard InChI is InChI=1S/C13H23N3O3/c1-4-5-11(12(17)18)14-13(19)16(3)10-6-8-15(2)9-7-10/h4,10-11H,1,5-9H2,2-3H3,(H,14,19)(H,17,18). The average Bonchev–Trinajstić information content (AvgIpc) is 2.38. The topological polar surface area (TPSA) is 72.9 Å². The van der Waals surface area contributed by atoms with Crippen molar-refractivity contribution >= 4 is 12.0 Å². The number of carboxylic acid groups (broad SMARTS) is 1. The maximum Gasteiger partial charge on any atom is 0.326 e. The summed E-state index contributed by atoms with van der Waals surface area (Å²) in [5.74, 6) is -1.04. The second-order valence-corrected chi connectivity index (χ2v) is 5.01. The highest BCUT2D eigenvalue weighted by atomic mass is 16.4. The van der Waals surface area contributed by atoms with Crippen LogP contribution in [0.4, 0.5) is 4.79 Å². The van der Waals surface area contributed by atoms with Gasteiger partial charge in [-0.25, -0.2) is 9.59 Å². The summed E-state index contributed by atoms with van der Waals surface area (Å²) < 4.78 is 0. The molecule has 6 heteroatoms. The Morgan fingerprint density at radius 1 is 1.53 bits per heavy atom. The fourth-order valence-corrected chi connectivity index (χ4v) is 2.19. The van der Waals surface area contributed by atoms with Crippen LogP contribution in [0.1, 0.15) is 19.3 Å². The third-order valence-electron chi connectivity index (χ3n) is 3.55. The number of urea groups is 1. The first kappa shape index (κ1) is 15.5. The van der Waals surface area contributed by atoms with E-state index < -0.39 is 12.0 Å². The molecule has 0 aliphatic carbocycles. The number of piperidine rings is 1.